The molecule has 0 amide bonds. The number of hydrogen-bond acceptors (Lipinski definition) is 4. The minimum Gasteiger partial charge on any atom is -0.481 e. The van der Waals surface area contributed by atoms with Crippen LogP contribution >= 0.6 is 0 Å². The van der Waals surface area contributed by atoms with E-state index in [-0.39, 0.29) is 6.42 Å². The van der Waals surface area contributed by atoms with Crippen molar-refractivity contribution in [3.63, 3.8) is 0 Å². The summed E-state index contributed by atoms with van der Waals surface area (Å²) in [5.74, 6) is -1.33. The van der Waals surface area contributed by atoms with E-state index in [1.165, 1.54) is 0 Å². The maximum absolute atomic E-state index is 11.4. The summed E-state index contributed by atoms with van der Waals surface area (Å²) in [6.07, 6.45) is 0.431. The van der Waals surface area contributed by atoms with Gasteiger partial charge in [0, 0.05) is 12.1 Å². The van der Waals surface area contributed by atoms with Crippen LogP contribution in [0.1, 0.15) is 29.3 Å². The largest absolute Gasteiger partial charge is 0.481 e. The Kier molecular flexibility index (Phi) is 4.51. The highest BCUT2D eigenvalue weighted by Gasteiger charge is 2.11. The number of benzene rings is 1. The second kappa shape index (κ2) is 5.89. The van der Waals surface area contributed by atoms with Crippen molar-refractivity contribution in [3.05, 3.63) is 29.3 Å². The number of anilines is 1. The molecule has 0 heterocycles. The van der Waals surface area contributed by atoms with Gasteiger partial charge in [-0.3, -0.25) is 4.79 Å². The van der Waals surface area contributed by atoms with Crippen LogP contribution in [-0.2, 0) is 16.0 Å². The fourth-order valence-electron chi connectivity index (χ4n) is 1.41. The Morgan fingerprint density at radius 2 is 2.12 bits per heavy atom. The third kappa shape index (κ3) is 3.79. The zero-order chi connectivity index (χ0) is 12.8. The molecule has 0 spiro atoms. The normalized spacial score (nSPS) is 9.94. The van der Waals surface area contributed by atoms with Gasteiger partial charge >= 0.3 is 11.9 Å². The average Bonchev–Trinajstić information content (AvgIpc) is 2.26. The Balaban J connectivity index is 2.79. The molecule has 0 aromatic heterocycles. The first-order chi connectivity index (χ1) is 8.04. The molecule has 92 valence electrons. The van der Waals surface area contributed by atoms with E-state index in [0.29, 0.717) is 24.3 Å². The lowest BCUT2D eigenvalue weighted by Crippen LogP contribution is -2.08. The highest BCUT2D eigenvalue weighted by Crippen LogP contribution is 2.16. The second-order valence-corrected chi connectivity index (χ2v) is 3.54. The van der Waals surface area contributed by atoms with E-state index in [0.717, 1.165) is 5.56 Å². The first-order valence-electron chi connectivity index (χ1n) is 5.32. The first-order valence-corrected chi connectivity index (χ1v) is 5.32. The van der Waals surface area contributed by atoms with Crippen LogP contribution < -0.4 is 5.73 Å². The number of aryl methyl sites for hydroxylation is 1. The Bertz CT molecular complexity index is 429. The maximum Gasteiger partial charge on any atom is 0.340 e. The number of carbonyl (C=O) groups is 2. The number of carboxylic acids is 1. The number of aliphatic carboxylic acids is 1. The molecule has 0 aliphatic heterocycles. The molecule has 17 heavy (non-hydrogen) atoms. The summed E-state index contributed by atoms with van der Waals surface area (Å²) in [7, 11) is 0. The number of esters is 1. The number of carbonyl (C=O) groups excluding carboxylic acids is 1. The Morgan fingerprint density at radius 1 is 1.41 bits per heavy atom. The highest BCUT2D eigenvalue weighted by molar-refractivity contribution is 5.95. The number of hydrogen-bond donors (Lipinski definition) is 2. The van der Waals surface area contributed by atoms with E-state index in [1.807, 2.05) is 0 Å². The van der Waals surface area contributed by atoms with Crippen LogP contribution in [0.3, 0.4) is 0 Å². The molecule has 1 rings (SSSR count). The molecule has 5 nitrogen and oxygen atoms in total. The van der Waals surface area contributed by atoms with Crippen LogP contribution in [-0.4, -0.2) is 23.7 Å². The molecule has 3 N–H and O–H groups in total. The monoisotopic (exact) mass is 237 g/mol. The van der Waals surface area contributed by atoms with Gasteiger partial charge in [-0.1, -0.05) is 6.07 Å². The summed E-state index contributed by atoms with van der Waals surface area (Å²) in [6.45, 7) is 2.01. The fourth-order valence-corrected chi connectivity index (χ4v) is 1.41. The quantitative estimate of drug-likeness (QED) is 0.597. The molecule has 0 aliphatic carbocycles. The molecular formula is C12H15NO4. The van der Waals surface area contributed by atoms with Gasteiger partial charge in [0.25, 0.3) is 0 Å². The van der Waals surface area contributed by atoms with Crippen LogP contribution in [0.5, 0.6) is 0 Å². The standard InChI is InChI=1S/C12H15NO4/c1-2-17-12(16)9-5-3-8(7-10(9)13)4-6-11(14)15/h3,5,7H,2,4,6,13H2,1H3,(H,14,15). The summed E-state index contributed by atoms with van der Waals surface area (Å²) in [4.78, 5) is 21.9. The Labute approximate surface area is 99.2 Å². The lowest BCUT2D eigenvalue weighted by atomic mass is 10.1. The summed E-state index contributed by atoms with van der Waals surface area (Å²) < 4.78 is 4.83. The third-order valence-corrected chi connectivity index (χ3v) is 2.24. The van der Waals surface area contributed by atoms with Gasteiger partial charge in [0.15, 0.2) is 0 Å². The van der Waals surface area contributed by atoms with Crippen molar-refractivity contribution in [1.82, 2.24) is 0 Å². The van der Waals surface area contributed by atoms with Gasteiger partial charge < -0.3 is 15.6 Å². The number of nitrogens with two attached hydrogens (primary N) is 1. The van der Waals surface area contributed by atoms with E-state index in [2.05, 4.69) is 0 Å². The van der Waals surface area contributed by atoms with E-state index < -0.39 is 11.9 Å². The van der Waals surface area contributed by atoms with Gasteiger partial charge in [0.2, 0.25) is 0 Å². The number of nitrogen functional groups attached to an aromatic ring is 1. The molecule has 0 saturated heterocycles. The molecule has 0 saturated carbocycles. The van der Waals surface area contributed by atoms with Crippen molar-refractivity contribution in [3.8, 4) is 0 Å². The van der Waals surface area contributed by atoms with Gasteiger partial charge in [-0.25, -0.2) is 4.79 Å². The molecular weight excluding hydrogens is 222 g/mol. The average molecular weight is 237 g/mol. The van der Waals surface area contributed by atoms with Crippen molar-refractivity contribution in [2.75, 3.05) is 12.3 Å². The number of ether oxygens (including phenoxy) is 1. The van der Waals surface area contributed by atoms with Crippen LogP contribution in [0.25, 0.3) is 0 Å². The minimum atomic E-state index is -0.863. The molecule has 0 atom stereocenters. The predicted molar refractivity (Wildman–Crippen MR) is 62.8 cm³/mol. The summed E-state index contributed by atoms with van der Waals surface area (Å²) in [5, 5.41) is 8.55. The van der Waals surface area contributed by atoms with Crippen molar-refractivity contribution in [2.24, 2.45) is 0 Å². The van der Waals surface area contributed by atoms with Gasteiger partial charge in [0.05, 0.1) is 12.2 Å². The molecule has 1 aromatic carbocycles. The van der Waals surface area contributed by atoms with Crippen LogP contribution in [0.4, 0.5) is 5.69 Å². The zero-order valence-corrected chi connectivity index (χ0v) is 9.60. The smallest absolute Gasteiger partial charge is 0.340 e. The second-order valence-electron chi connectivity index (χ2n) is 3.54. The molecule has 0 unspecified atom stereocenters. The molecule has 0 bridgehead atoms. The van der Waals surface area contributed by atoms with E-state index in [9.17, 15) is 9.59 Å². The highest BCUT2D eigenvalue weighted by atomic mass is 16.5. The first kappa shape index (κ1) is 13.0. The molecule has 1 aromatic rings. The lowest BCUT2D eigenvalue weighted by Gasteiger charge is -2.07. The number of rotatable bonds is 5. The molecule has 5 heteroatoms. The number of carboxylic acid groups (broad SMARTS) is 1. The SMILES string of the molecule is CCOC(=O)c1ccc(CCC(=O)O)cc1N. The van der Waals surface area contributed by atoms with Gasteiger partial charge in [-0.2, -0.15) is 0 Å². The minimum absolute atomic E-state index is 0.0399. The van der Waals surface area contributed by atoms with E-state index in [1.54, 1.807) is 25.1 Å². The third-order valence-electron chi connectivity index (χ3n) is 2.24. The van der Waals surface area contributed by atoms with Crippen molar-refractivity contribution in [2.45, 2.75) is 19.8 Å². The fraction of sp³-hybridized carbons (Fsp3) is 0.333. The van der Waals surface area contributed by atoms with Crippen LogP contribution in [0.15, 0.2) is 18.2 Å². The van der Waals surface area contributed by atoms with Gasteiger partial charge in [-0.05, 0) is 31.0 Å². The molecule has 0 aliphatic rings. The molecule has 0 radical (unpaired) electrons. The van der Waals surface area contributed by atoms with Crippen molar-refractivity contribution in [1.29, 1.82) is 0 Å². The topological polar surface area (TPSA) is 89.6 Å². The molecule has 0 fully saturated rings. The lowest BCUT2D eigenvalue weighted by molar-refractivity contribution is -0.136. The summed E-state index contributed by atoms with van der Waals surface area (Å²) >= 11 is 0. The van der Waals surface area contributed by atoms with Crippen molar-refractivity contribution < 1.29 is 19.4 Å². The summed E-state index contributed by atoms with van der Waals surface area (Å²) in [5.41, 5.74) is 7.12. The van der Waals surface area contributed by atoms with Crippen molar-refractivity contribution >= 4 is 17.6 Å². The Morgan fingerprint density at radius 3 is 2.65 bits per heavy atom. The Hall–Kier alpha value is -2.04. The predicted octanol–water partition coefficient (Wildman–Crippen LogP) is 1.46. The van der Waals surface area contributed by atoms with E-state index >= 15 is 0 Å². The zero-order valence-electron chi connectivity index (χ0n) is 9.60. The van der Waals surface area contributed by atoms with Crippen LogP contribution in [0.2, 0.25) is 0 Å². The summed E-state index contributed by atoms with van der Waals surface area (Å²) in [6, 6.07) is 4.85. The van der Waals surface area contributed by atoms with Gasteiger partial charge in [-0.15, -0.1) is 0 Å². The van der Waals surface area contributed by atoms with Gasteiger partial charge in [0.1, 0.15) is 0 Å². The van der Waals surface area contributed by atoms with E-state index in [4.69, 9.17) is 15.6 Å². The maximum atomic E-state index is 11.4. The van der Waals surface area contributed by atoms with Crippen LogP contribution in [0, 0.1) is 0 Å².